The third kappa shape index (κ3) is 7.69. The van der Waals surface area contributed by atoms with E-state index in [2.05, 4.69) is 66.2 Å². The lowest BCUT2D eigenvalue weighted by atomic mass is 9.99. The molecule has 0 saturated carbocycles. The van der Waals surface area contributed by atoms with E-state index in [9.17, 15) is 4.79 Å². The zero-order valence-corrected chi connectivity index (χ0v) is 22.2. The Morgan fingerprint density at radius 2 is 1.70 bits per heavy atom. The summed E-state index contributed by atoms with van der Waals surface area (Å²) in [6.45, 7) is 6.55. The van der Waals surface area contributed by atoms with Gasteiger partial charge in [-0.1, -0.05) is 74.9 Å². The van der Waals surface area contributed by atoms with E-state index in [1.165, 1.54) is 5.56 Å². The van der Waals surface area contributed by atoms with Gasteiger partial charge in [0.2, 0.25) is 5.91 Å². The number of nitrogens with zero attached hydrogens (tertiary/aromatic N) is 2. The van der Waals surface area contributed by atoms with Crippen molar-refractivity contribution in [2.45, 2.75) is 64.8 Å². The fourth-order valence-electron chi connectivity index (χ4n) is 4.61. The number of amides is 1. The molecule has 0 fully saturated rings. The van der Waals surface area contributed by atoms with E-state index in [-0.39, 0.29) is 5.91 Å². The minimum absolute atomic E-state index is 0.0857. The summed E-state index contributed by atoms with van der Waals surface area (Å²) in [6.07, 6.45) is 5.55. The van der Waals surface area contributed by atoms with Crippen molar-refractivity contribution in [1.82, 2.24) is 14.9 Å². The Morgan fingerprint density at radius 1 is 0.946 bits per heavy atom. The summed E-state index contributed by atoms with van der Waals surface area (Å²) in [4.78, 5) is 17.0. The number of rotatable bonds is 14. The highest BCUT2D eigenvalue weighted by Gasteiger charge is 2.11. The predicted octanol–water partition coefficient (Wildman–Crippen LogP) is 6.70. The summed E-state index contributed by atoms with van der Waals surface area (Å²) < 4.78 is 8.38. The highest BCUT2D eigenvalue weighted by molar-refractivity contribution is 5.78. The monoisotopic (exact) mass is 497 g/mol. The molecule has 0 spiro atoms. The summed E-state index contributed by atoms with van der Waals surface area (Å²) in [5, 5.41) is 3.04. The maximum Gasteiger partial charge on any atom is 0.224 e. The SMILES string of the molecule is CCC(C)c1ccc(OCCn2c(CCCCCNC(=O)Cc3ccccc3)nc3ccccc32)cc1. The quantitative estimate of drug-likeness (QED) is 0.197. The number of hydrogen-bond acceptors (Lipinski definition) is 3. The minimum atomic E-state index is 0.0857. The maximum absolute atomic E-state index is 12.1. The van der Waals surface area contributed by atoms with E-state index >= 15 is 0 Å². The van der Waals surface area contributed by atoms with Crippen LogP contribution in [0.15, 0.2) is 78.9 Å². The van der Waals surface area contributed by atoms with Crippen molar-refractivity contribution in [3.8, 4) is 5.75 Å². The van der Waals surface area contributed by atoms with Crippen LogP contribution in [0.2, 0.25) is 0 Å². The van der Waals surface area contributed by atoms with Crippen molar-refractivity contribution in [3.63, 3.8) is 0 Å². The molecule has 1 N–H and O–H groups in total. The maximum atomic E-state index is 12.1. The number of imidazole rings is 1. The van der Waals surface area contributed by atoms with Gasteiger partial charge in [0.25, 0.3) is 0 Å². The molecule has 3 aromatic carbocycles. The van der Waals surface area contributed by atoms with Crippen LogP contribution >= 0.6 is 0 Å². The van der Waals surface area contributed by atoms with Crippen molar-refractivity contribution >= 4 is 16.9 Å². The van der Waals surface area contributed by atoms with E-state index in [1.54, 1.807) is 0 Å². The van der Waals surface area contributed by atoms with Gasteiger partial charge in [-0.2, -0.15) is 0 Å². The number of carbonyl (C=O) groups excluding carboxylic acids is 1. The number of para-hydroxylation sites is 2. The van der Waals surface area contributed by atoms with Crippen LogP contribution in [0, 0.1) is 0 Å². The number of carbonyl (C=O) groups is 1. The van der Waals surface area contributed by atoms with Gasteiger partial charge < -0.3 is 14.6 Å². The number of aryl methyl sites for hydroxylation is 1. The summed E-state index contributed by atoms with van der Waals surface area (Å²) in [5.41, 5.74) is 4.59. The van der Waals surface area contributed by atoms with Gasteiger partial charge in [-0.25, -0.2) is 4.98 Å². The lowest BCUT2D eigenvalue weighted by Gasteiger charge is -2.13. The number of fused-ring (bicyclic) bond motifs is 1. The molecule has 0 radical (unpaired) electrons. The first-order valence-corrected chi connectivity index (χ1v) is 13.6. The minimum Gasteiger partial charge on any atom is -0.492 e. The van der Waals surface area contributed by atoms with Crippen molar-refractivity contribution < 1.29 is 9.53 Å². The molecule has 0 bridgehead atoms. The number of ether oxygens (including phenoxy) is 1. The van der Waals surface area contributed by atoms with Crippen LogP contribution < -0.4 is 10.1 Å². The summed E-state index contributed by atoms with van der Waals surface area (Å²) in [6, 6.07) is 26.7. The molecule has 0 saturated heterocycles. The standard InChI is InChI=1S/C32H39N3O2/c1-3-25(2)27-17-19-28(20-18-27)37-23-22-35-30-15-10-9-14-29(30)34-31(35)16-8-5-11-21-33-32(36)24-26-12-6-4-7-13-26/h4,6-7,9-10,12-15,17-20,25H,3,5,8,11,16,21-24H2,1-2H3,(H,33,36). The molecule has 1 amide bonds. The smallest absolute Gasteiger partial charge is 0.224 e. The third-order valence-corrected chi connectivity index (χ3v) is 6.99. The van der Waals surface area contributed by atoms with E-state index in [1.807, 2.05) is 36.4 Å². The van der Waals surface area contributed by atoms with Gasteiger partial charge in [0.05, 0.1) is 24.0 Å². The molecule has 37 heavy (non-hydrogen) atoms. The number of aromatic nitrogens is 2. The first-order chi connectivity index (χ1) is 18.1. The fourth-order valence-corrected chi connectivity index (χ4v) is 4.61. The molecule has 5 nitrogen and oxygen atoms in total. The van der Waals surface area contributed by atoms with Crippen LogP contribution in [-0.2, 0) is 24.2 Å². The van der Waals surface area contributed by atoms with Gasteiger partial charge in [-0.15, -0.1) is 0 Å². The Morgan fingerprint density at radius 3 is 2.49 bits per heavy atom. The fraction of sp³-hybridized carbons (Fsp3) is 0.375. The Balaban J connectivity index is 1.24. The Labute approximate surface area is 220 Å². The molecule has 194 valence electrons. The Bertz CT molecular complexity index is 1250. The highest BCUT2D eigenvalue weighted by atomic mass is 16.5. The van der Waals surface area contributed by atoms with Gasteiger partial charge in [0.15, 0.2) is 0 Å². The number of benzene rings is 3. The zero-order chi connectivity index (χ0) is 25.9. The molecule has 1 atom stereocenters. The van der Waals surface area contributed by atoms with Gasteiger partial charge in [-0.3, -0.25) is 4.79 Å². The normalized spacial score (nSPS) is 11.9. The second kappa shape index (κ2) is 13.6. The van der Waals surface area contributed by atoms with Crippen molar-refractivity contribution in [1.29, 1.82) is 0 Å². The average molecular weight is 498 g/mol. The van der Waals surface area contributed by atoms with Crippen LogP contribution in [0.1, 0.15) is 62.4 Å². The second-order valence-corrected chi connectivity index (χ2v) is 9.72. The van der Waals surface area contributed by atoms with Crippen molar-refractivity contribution in [3.05, 3.63) is 95.8 Å². The van der Waals surface area contributed by atoms with Crippen LogP contribution in [0.25, 0.3) is 11.0 Å². The second-order valence-electron chi connectivity index (χ2n) is 9.72. The Hall–Kier alpha value is -3.60. The summed E-state index contributed by atoms with van der Waals surface area (Å²) in [7, 11) is 0. The van der Waals surface area contributed by atoms with Crippen LogP contribution in [0.4, 0.5) is 0 Å². The van der Waals surface area contributed by atoms with Gasteiger partial charge in [0.1, 0.15) is 18.2 Å². The number of unbranched alkanes of at least 4 members (excludes halogenated alkanes) is 2. The van der Waals surface area contributed by atoms with E-state index in [0.717, 1.165) is 66.8 Å². The number of nitrogens with one attached hydrogen (secondary N) is 1. The predicted molar refractivity (Wildman–Crippen MR) is 151 cm³/mol. The van der Waals surface area contributed by atoms with Crippen LogP contribution in [0.3, 0.4) is 0 Å². The largest absolute Gasteiger partial charge is 0.492 e. The Kier molecular flexibility index (Phi) is 9.75. The summed E-state index contributed by atoms with van der Waals surface area (Å²) in [5.74, 6) is 2.67. The third-order valence-electron chi connectivity index (χ3n) is 6.99. The van der Waals surface area contributed by atoms with E-state index in [4.69, 9.17) is 9.72 Å². The summed E-state index contributed by atoms with van der Waals surface area (Å²) >= 11 is 0. The molecule has 5 heteroatoms. The molecular weight excluding hydrogens is 458 g/mol. The lowest BCUT2D eigenvalue weighted by Crippen LogP contribution is -2.26. The van der Waals surface area contributed by atoms with Crippen LogP contribution in [-0.4, -0.2) is 28.6 Å². The van der Waals surface area contributed by atoms with Gasteiger partial charge in [0, 0.05) is 13.0 Å². The van der Waals surface area contributed by atoms with Gasteiger partial charge in [-0.05, 0) is 60.6 Å². The molecule has 1 aromatic heterocycles. The molecule has 0 aliphatic carbocycles. The molecule has 4 rings (SSSR count). The molecule has 0 aliphatic heterocycles. The van der Waals surface area contributed by atoms with E-state index in [0.29, 0.717) is 25.5 Å². The molecule has 0 aliphatic rings. The van der Waals surface area contributed by atoms with E-state index < -0.39 is 0 Å². The molecular formula is C32H39N3O2. The van der Waals surface area contributed by atoms with Crippen molar-refractivity contribution in [2.24, 2.45) is 0 Å². The van der Waals surface area contributed by atoms with Gasteiger partial charge >= 0.3 is 0 Å². The molecule has 1 unspecified atom stereocenters. The number of hydrogen-bond donors (Lipinski definition) is 1. The molecule has 4 aromatic rings. The van der Waals surface area contributed by atoms with Crippen LogP contribution in [0.5, 0.6) is 5.75 Å². The van der Waals surface area contributed by atoms with Crippen molar-refractivity contribution in [2.75, 3.05) is 13.2 Å². The topological polar surface area (TPSA) is 56.1 Å². The highest BCUT2D eigenvalue weighted by Crippen LogP contribution is 2.22. The first kappa shape index (κ1) is 26.5. The molecule has 1 heterocycles. The first-order valence-electron chi connectivity index (χ1n) is 13.6. The lowest BCUT2D eigenvalue weighted by molar-refractivity contribution is -0.120. The zero-order valence-electron chi connectivity index (χ0n) is 22.2. The average Bonchev–Trinajstić information content (AvgIpc) is 3.28.